The zero-order valence-corrected chi connectivity index (χ0v) is 13.8. The highest BCUT2D eigenvalue weighted by Gasteiger charge is 2.29. The summed E-state index contributed by atoms with van der Waals surface area (Å²) in [5, 5.41) is 12.1. The zero-order chi connectivity index (χ0) is 15.4. The van der Waals surface area contributed by atoms with Crippen molar-refractivity contribution in [2.24, 2.45) is 0 Å². The molecule has 1 aliphatic heterocycles. The molecule has 1 atom stereocenters. The maximum absolute atomic E-state index is 12.2. The summed E-state index contributed by atoms with van der Waals surface area (Å²) in [5.74, 6) is -0.994. The minimum absolute atomic E-state index is 0. The van der Waals surface area contributed by atoms with E-state index >= 15 is 0 Å². The molecule has 1 saturated heterocycles. The van der Waals surface area contributed by atoms with Crippen LogP contribution in [0.25, 0.3) is 0 Å². The molecule has 1 heterocycles. The number of piperidine rings is 1. The summed E-state index contributed by atoms with van der Waals surface area (Å²) in [4.78, 5) is 25.2. The molecular weight excluding hydrogens is 304 g/mol. The quantitative estimate of drug-likeness (QED) is 0.892. The van der Waals surface area contributed by atoms with E-state index in [1.54, 1.807) is 4.90 Å². The molecule has 1 amide bonds. The molecule has 2 N–H and O–H groups in total. The molecule has 5 nitrogen and oxygen atoms in total. The molecule has 1 fully saturated rings. The van der Waals surface area contributed by atoms with Gasteiger partial charge in [-0.05, 0) is 50.4 Å². The molecule has 0 saturated carbocycles. The van der Waals surface area contributed by atoms with E-state index in [1.165, 1.54) is 0 Å². The Morgan fingerprint density at radius 2 is 2.05 bits per heavy atom. The number of nitrogens with zero attached hydrogens (tertiary/aromatic N) is 1. The number of carbonyl (C=O) groups is 2. The summed E-state index contributed by atoms with van der Waals surface area (Å²) in [6.45, 7) is 4.71. The van der Waals surface area contributed by atoms with E-state index in [0.29, 0.717) is 13.0 Å². The summed E-state index contributed by atoms with van der Waals surface area (Å²) < 4.78 is 0. The van der Waals surface area contributed by atoms with Gasteiger partial charge in [0.05, 0.1) is 6.54 Å². The second-order valence-electron chi connectivity index (χ2n) is 5.69. The Kier molecular flexibility index (Phi) is 6.84. The first-order chi connectivity index (χ1) is 9.97. The van der Waals surface area contributed by atoms with Gasteiger partial charge in [-0.25, -0.2) is 0 Å². The van der Waals surface area contributed by atoms with Crippen molar-refractivity contribution in [1.29, 1.82) is 0 Å². The van der Waals surface area contributed by atoms with Crippen molar-refractivity contribution in [1.82, 2.24) is 4.90 Å². The number of aryl methyl sites for hydroxylation is 2. The standard InChI is InChI=1S/C16H22N2O3.ClH/c1-11-6-7-12(2)13(9-11)17-15(19)10-18-8-4-3-5-14(18)16(20)21;/h6-7,9,14H,3-5,8,10H2,1-2H3,(H,17,19)(H,20,21);1H. The molecule has 0 radical (unpaired) electrons. The predicted octanol–water partition coefficient (Wildman–Crippen LogP) is 2.60. The van der Waals surface area contributed by atoms with Crippen molar-refractivity contribution >= 4 is 30.0 Å². The van der Waals surface area contributed by atoms with Gasteiger partial charge in [-0.1, -0.05) is 18.6 Å². The number of halogens is 1. The number of rotatable bonds is 4. The van der Waals surface area contributed by atoms with Crippen LogP contribution in [0.3, 0.4) is 0 Å². The lowest BCUT2D eigenvalue weighted by molar-refractivity contribution is -0.145. The van der Waals surface area contributed by atoms with Crippen LogP contribution >= 0.6 is 12.4 Å². The average molecular weight is 327 g/mol. The van der Waals surface area contributed by atoms with Crippen LogP contribution in [0.5, 0.6) is 0 Å². The van der Waals surface area contributed by atoms with Gasteiger partial charge < -0.3 is 10.4 Å². The molecular formula is C16H23ClN2O3. The van der Waals surface area contributed by atoms with E-state index < -0.39 is 12.0 Å². The highest BCUT2D eigenvalue weighted by molar-refractivity contribution is 5.93. The third-order valence-corrected chi connectivity index (χ3v) is 3.91. The number of hydrogen-bond acceptors (Lipinski definition) is 3. The number of carbonyl (C=O) groups excluding carboxylic acids is 1. The monoisotopic (exact) mass is 326 g/mol. The Morgan fingerprint density at radius 1 is 1.32 bits per heavy atom. The van der Waals surface area contributed by atoms with Crippen LogP contribution < -0.4 is 5.32 Å². The molecule has 22 heavy (non-hydrogen) atoms. The number of nitrogens with one attached hydrogen (secondary N) is 1. The van der Waals surface area contributed by atoms with Gasteiger partial charge in [0.2, 0.25) is 5.91 Å². The fourth-order valence-electron chi connectivity index (χ4n) is 2.70. The van der Waals surface area contributed by atoms with Crippen LogP contribution in [0.2, 0.25) is 0 Å². The topological polar surface area (TPSA) is 69.6 Å². The van der Waals surface area contributed by atoms with Crippen molar-refractivity contribution < 1.29 is 14.7 Å². The Bertz CT molecular complexity index is 548. The summed E-state index contributed by atoms with van der Waals surface area (Å²) >= 11 is 0. The second kappa shape index (κ2) is 8.15. The van der Waals surface area contributed by atoms with E-state index in [2.05, 4.69) is 5.32 Å². The summed E-state index contributed by atoms with van der Waals surface area (Å²) in [5.41, 5.74) is 2.88. The molecule has 1 aromatic rings. The number of benzene rings is 1. The largest absolute Gasteiger partial charge is 0.480 e. The lowest BCUT2D eigenvalue weighted by atomic mass is 10.0. The third kappa shape index (κ3) is 4.71. The molecule has 2 rings (SSSR count). The highest BCUT2D eigenvalue weighted by atomic mass is 35.5. The Morgan fingerprint density at radius 3 is 2.73 bits per heavy atom. The first-order valence-electron chi connectivity index (χ1n) is 7.31. The molecule has 6 heteroatoms. The van der Waals surface area contributed by atoms with Gasteiger partial charge in [0, 0.05) is 5.69 Å². The smallest absolute Gasteiger partial charge is 0.320 e. The van der Waals surface area contributed by atoms with E-state index in [9.17, 15) is 14.7 Å². The van der Waals surface area contributed by atoms with Crippen molar-refractivity contribution in [3.8, 4) is 0 Å². The highest BCUT2D eigenvalue weighted by Crippen LogP contribution is 2.19. The van der Waals surface area contributed by atoms with Gasteiger partial charge in [0.15, 0.2) is 0 Å². The van der Waals surface area contributed by atoms with Crippen LogP contribution in [-0.2, 0) is 9.59 Å². The van der Waals surface area contributed by atoms with Gasteiger partial charge in [-0.2, -0.15) is 0 Å². The first kappa shape index (κ1) is 18.5. The summed E-state index contributed by atoms with van der Waals surface area (Å²) in [6.07, 6.45) is 2.47. The summed E-state index contributed by atoms with van der Waals surface area (Å²) in [6, 6.07) is 5.35. The number of aliphatic carboxylic acids is 1. The number of likely N-dealkylation sites (tertiary alicyclic amines) is 1. The van der Waals surface area contributed by atoms with Crippen LogP contribution in [-0.4, -0.2) is 41.0 Å². The van der Waals surface area contributed by atoms with Crippen molar-refractivity contribution in [3.05, 3.63) is 29.3 Å². The van der Waals surface area contributed by atoms with Crippen LogP contribution in [0.1, 0.15) is 30.4 Å². The van der Waals surface area contributed by atoms with Crippen molar-refractivity contribution in [3.63, 3.8) is 0 Å². The second-order valence-corrected chi connectivity index (χ2v) is 5.69. The molecule has 0 aliphatic carbocycles. The van der Waals surface area contributed by atoms with Gasteiger partial charge in [0.25, 0.3) is 0 Å². The minimum atomic E-state index is -0.839. The minimum Gasteiger partial charge on any atom is -0.480 e. The third-order valence-electron chi connectivity index (χ3n) is 3.91. The maximum Gasteiger partial charge on any atom is 0.320 e. The summed E-state index contributed by atoms with van der Waals surface area (Å²) in [7, 11) is 0. The molecule has 0 aromatic heterocycles. The van der Waals surface area contributed by atoms with E-state index in [4.69, 9.17) is 0 Å². The van der Waals surface area contributed by atoms with E-state index in [0.717, 1.165) is 29.7 Å². The Balaban J connectivity index is 0.00000242. The molecule has 122 valence electrons. The van der Waals surface area contributed by atoms with Gasteiger partial charge in [-0.3, -0.25) is 14.5 Å². The lowest BCUT2D eigenvalue weighted by Crippen LogP contribution is -2.47. The normalized spacial score (nSPS) is 18.4. The molecule has 0 bridgehead atoms. The Labute approximate surface area is 137 Å². The molecule has 1 aromatic carbocycles. The number of amides is 1. The van der Waals surface area contributed by atoms with Crippen molar-refractivity contribution in [2.45, 2.75) is 39.2 Å². The molecule has 1 unspecified atom stereocenters. The Hall–Kier alpha value is -1.59. The molecule has 0 spiro atoms. The lowest BCUT2D eigenvalue weighted by Gasteiger charge is -2.32. The number of hydrogen-bond donors (Lipinski definition) is 2. The van der Waals surface area contributed by atoms with Crippen molar-refractivity contribution in [2.75, 3.05) is 18.4 Å². The fraction of sp³-hybridized carbons (Fsp3) is 0.500. The van der Waals surface area contributed by atoms with E-state index in [-0.39, 0.29) is 24.9 Å². The van der Waals surface area contributed by atoms with Crippen LogP contribution in [0.15, 0.2) is 18.2 Å². The number of carboxylic acid groups (broad SMARTS) is 1. The number of anilines is 1. The predicted molar refractivity (Wildman–Crippen MR) is 88.6 cm³/mol. The molecule has 1 aliphatic rings. The number of carboxylic acids is 1. The SMILES string of the molecule is Cc1ccc(C)c(NC(=O)CN2CCCCC2C(=O)O)c1.Cl. The van der Waals surface area contributed by atoms with Gasteiger partial charge >= 0.3 is 5.97 Å². The first-order valence-corrected chi connectivity index (χ1v) is 7.31. The van der Waals surface area contributed by atoms with Crippen LogP contribution in [0.4, 0.5) is 5.69 Å². The zero-order valence-electron chi connectivity index (χ0n) is 13.0. The van der Waals surface area contributed by atoms with Gasteiger partial charge in [0.1, 0.15) is 6.04 Å². The van der Waals surface area contributed by atoms with Crippen LogP contribution in [0, 0.1) is 13.8 Å². The van der Waals surface area contributed by atoms with Gasteiger partial charge in [-0.15, -0.1) is 12.4 Å². The fourth-order valence-corrected chi connectivity index (χ4v) is 2.70. The van der Waals surface area contributed by atoms with E-state index in [1.807, 2.05) is 32.0 Å². The maximum atomic E-state index is 12.2. The average Bonchev–Trinajstić information content (AvgIpc) is 2.43.